The lowest BCUT2D eigenvalue weighted by atomic mass is 10.2. The van der Waals surface area contributed by atoms with Crippen LogP contribution >= 0.6 is 11.8 Å². The van der Waals surface area contributed by atoms with E-state index in [1.165, 1.54) is 32.4 Å². The van der Waals surface area contributed by atoms with Gasteiger partial charge in [-0.15, -0.1) is 0 Å². The molecule has 0 spiro atoms. The summed E-state index contributed by atoms with van der Waals surface area (Å²) in [5, 5.41) is 0.884. The third kappa shape index (κ3) is 5.90. The smallest absolute Gasteiger partial charge is 0.00421 e. The van der Waals surface area contributed by atoms with Crippen molar-refractivity contribution in [2.45, 2.75) is 38.4 Å². The first-order valence-corrected chi connectivity index (χ1v) is 6.24. The highest BCUT2D eigenvalue weighted by molar-refractivity contribution is 7.99. The van der Waals surface area contributed by atoms with Crippen molar-refractivity contribution < 1.29 is 0 Å². The molecule has 12 heavy (non-hydrogen) atoms. The zero-order valence-electron chi connectivity index (χ0n) is 8.97. The van der Waals surface area contributed by atoms with Crippen molar-refractivity contribution in [3.8, 4) is 0 Å². The van der Waals surface area contributed by atoms with Gasteiger partial charge in [0.2, 0.25) is 0 Å². The van der Waals surface area contributed by atoms with E-state index < -0.39 is 0 Å². The van der Waals surface area contributed by atoms with Crippen LogP contribution in [0.1, 0.15) is 33.1 Å². The monoisotopic (exact) mass is 189 g/mol. The molecule has 2 heteroatoms. The number of hydrogen-bond donors (Lipinski definition) is 0. The summed E-state index contributed by atoms with van der Waals surface area (Å²) in [6, 6.07) is 0. The maximum Gasteiger partial charge on any atom is 0.00421 e. The van der Waals surface area contributed by atoms with E-state index in [0.717, 1.165) is 5.25 Å². The fourth-order valence-electron chi connectivity index (χ4n) is 1.24. The van der Waals surface area contributed by atoms with Crippen LogP contribution < -0.4 is 0 Å². The van der Waals surface area contributed by atoms with Crippen molar-refractivity contribution in [1.29, 1.82) is 0 Å². The van der Waals surface area contributed by atoms with Gasteiger partial charge < -0.3 is 4.90 Å². The van der Waals surface area contributed by atoms with Crippen LogP contribution in [0.2, 0.25) is 0 Å². The van der Waals surface area contributed by atoms with E-state index in [4.69, 9.17) is 0 Å². The molecule has 1 unspecified atom stereocenters. The van der Waals surface area contributed by atoms with Crippen LogP contribution in [-0.4, -0.2) is 36.5 Å². The predicted octanol–water partition coefficient (Wildman–Crippen LogP) is 2.86. The summed E-state index contributed by atoms with van der Waals surface area (Å²) >= 11 is 2.01. The van der Waals surface area contributed by atoms with Crippen molar-refractivity contribution >= 4 is 11.8 Å². The van der Waals surface area contributed by atoms with E-state index in [-0.39, 0.29) is 0 Å². The lowest BCUT2D eigenvalue weighted by Crippen LogP contribution is -2.19. The Morgan fingerprint density at radius 2 is 2.00 bits per heavy atom. The van der Waals surface area contributed by atoms with Crippen molar-refractivity contribution in [2.75, 3.05) is 26.4 Å². The molecule has 1 atom stereocenters. The summed E-state index contributed by atoms with van der Waals surface area (Å²) < 4.78 is 0. The Hall–Kier alpha value is 0.310. The van der Waals surface area contributed by atoms with Crippen LogP contribution in [0.4, 0.5) is 0 Å². The molecule has 0 saturated carbocycles. The molecule has 0 aliphatic rings. The third-order valence-corrected chi connectivity index (χ3v) is 3.63. The second-order valence-electron chi connectivity index (χ2n) is 3.30. The first kappa shape index (κ1) is 12.3. The summed E-state index contributed by atoms with van der Waals surface area (Å²) in [4.78, 5) is 2.38. The highest BCUT2D eigenvalue weighted by Gasteiger charge is 2.03. The van der Waals surface area contributed by atoms with Crippen LogP contribution in [0.25, 0.3) is 0 Å². The lowest BCUT2D eigenvalue weighted by molar-refractivity contribution is 0.342. The van der Waals surface area contributed by atoms with E-state index >= 15 is 0 Å². The van der Waals surface area contributed by atoms with E-state index in [1.54, 1.807) is 0 Å². The molecule has 1 nitrogen and oxygen atoms in total. The largest absolute Gasteiger partial charge is 0.307 e. The summed E-state index contributed by atoms with van der Waals surface area (Å²) in [6.07, 6.45) is 6.26. The molecule has 0 N–H and O–H groups in total. The second-order valence-corrected chi connectivity index (χ2v) is 4.44. The van der Waals surface area contributed by atoms with E-state index in [0.29, 0.717) is 0 Å². The molecule has 0 rings (SSSR count). The second kappa shape index (κ2) is 7.93. The van der Waals surface area contributed by atoms with Gasteiger partial charge in [0, 0.05) is 5.25 Å². The molecule has 0 aliphatic heterocycles. The number of hydrogen-bond acceptors (Lipinski definition) is 2. The van der Waals surface area contributed by atoms with Gasteiger partial charge in [0.05, 0.1) is 0 Å². The lowest BCUT2D eigenvalue weighted by Gasteiger charge is -2.16. The fourth-order valence-corrected chi connectivity index (χ4v) is 1.97. The minimum Gasteiger partial charge on any atom is -0.307 e. The topological polar surface area (TPSA) is 3.24 Å². The van der Waals surface area contributed by atoms with Crippen LogP contribution in [-0.2, 0) is 0 Å². The number of nitrogens with zero attached hydrogens (tertiary/aromatic N) is 1. The van der Waals surface area contributed by atoms with Crippen LogP contribution in [0.3, 0.4) is 0 Å². The van der Waals surface area contributed by atoms with Crippen LogP contribution in [0.5, 0.6) is 0 Å². The number of rotatable bonds is 7. The molecule has 0 amide bonds. The number of thioether (sulfide) groups is 1. The molecule has 0 radical (unpaired) electrons. The van der Waals surface area contributed by atoms with Gasteiger partial charge in [0.15, 0.2) is 0 Å². The maximum atomic E-state index is 2.38. The molecule has 0 bridgehead atoms. The van der Waals surface area contributed by atoms with E-state index in [1.807, 2.05) is 11.8 Å². The standard InChI is InChI=1S/C10H23NS/c1-5-10(12-4)8-7-9-11(3)6-2/h10H,5-9H2,1-4H3. The van der Waals surface area contributed by atoms with Gasteiger partial charge in [0.25, 0.3) is 0 Å². The SMILES string of the molecule is CCC(CCCN(C)CC)SC. The minimum absolute atomic E-state index is 0.884. The average Bonchev–Trinajstić information content (AvgIpc) is 2.12. The van der Waals surface area contributed by atoms with Crippen molar-refractivity contribution in [2.24, 2.45) is 0 Å². The summed E-state index contributed by atoms with van der Waals surface area (Å²) in [5.41, 5.74) is 0. The average molecular weight is 189 g/mol. The van der Waals surface area contributed by atoms with Gasteiger partial charge >= 0.3 is 0 Å². The Kier molecular flexibility index (Phi) is 8.14. The fraction of sp³-hybridized carbons (Fsp3) is 1.00. The molecule has 0 aromatic heterocycles. The predicted molar refractivity (Wildman–Crippen MR) is 60.0 cm³/mol. The molecule has 0 fully saturated rings. The molecule has 0 aliphatic carbocycles. The normalized spacial score (nSPS) is 13.8. The molecular formula is C10H23NS. The Morgan fingerprint density at radius 1 is 1.33 bits per heavy atom. The summed E-state index contributed by atoms with van der Waals surface area (Å²) in [7, 11) is 2.19. The summed E-state index contributed by atoms with van der Waals surface area (Å²) in [6.45, 7) is 6.93. The van der Waals surface area contributed by atoms with Crippen molar-refractivity contribution in [1.82, 2.24) is 4.90 Å². The van der Waals surface area contributed by atoms with E-state index in [2.05, 4.69) is 32.1 Å². The Labute approximate surface area is 81.9 Å². The van der Waals surface area contributed by atoms with Crippen molar-refractivity contribution in [3.63, 3.8) is 0 Å². The first-order chi connectivity index (χ1) is 5.74. The molecule has 74 valence electrons. The van der Waals surface area contributed by atoms with Gasteiger partial charge in [-0.3, -0.25) is 0 Å². The quantitative estimate of drug-likeness (QED) is 0.606. The van der Waals surface area contributed by atoms with Crippen molar-refractivity contribution in [3.05, 3.63) is 0 Å². The van der Waals surface area contributed by atoms with Crippen LogP contribution in [0, 0.1) is 0 Å². The Morgan fingerprint density at radius 3 is 2.42 bits per heavy atom. The van der Waals surface area contributed by atoms with Gasteiger partial charge in [-0.05, 0) is 45.7 Å². The van der Waals surface area contributed by atoms with E-state index in [9.17, 15) is 0 Å². The first-order valence-electron chi connectivity index (χ1n) is 4.95. The van der Waals surface area contributed by atoms with Crippen LogP contribution in [0.15, 0.2) is 0 Å². The zero-order chi connectivity index (χ0) is 9.40. The maximum absolute atomic E-state index is 2.38. The highest BCUT2D eigenvalue weighted by Crippen LogP contribution is 2.16. The molecule has 0 aromatic carbocycles. The highest BCUT2D eigenvalue weighted by atomic mass is 32.2. The van der Waals surface area contributed by atoms with Gasteiger partial charge in [-0.2, -0.15) is 11.8 Å². The third-order valence-electron chi connectivity index (χ3n) is 2.39. The molecule has 0 heterocycles. The van der Waals surface area contributed by atoms with Gasteiger partial charge in [-0.1, -0.05) is 13.8 Å². The molecule has 0 aromatic rings. The van der Waals surface area contributed by atoms with Gasteiger partial charge in [0.1, 0.15) is 0 Å². The zero-order valence-corrected chi connectivity index (χ0v) is 9.78. The minimum atomic E-state index is 0.884. The molecule has 0 saturated heterocycles. The van der Waals surface area contributed by atoms with Gasteiger partial charge in [-0.25, -0.2) is 0 Å². The molecular weight excluding hydrogens is 166 g/mol. The Bertz CT molecular complexity index is 91.8. The summed E-state index contributed by atoms with van der Waals surface area (Å²) in [5.74, 6) is 0. The Balaban J connectivity index is 3.28.